The highest BCUT2D eigenvalue weighted by atomic mass is 35.5. The second-order valence-electron chi connectivity index (χ2n) is 8.23. The Morgan fingerprint density at radius 3 is 2.43 bits per heavy atom. The molecule has 0 aromatic heterocycles. The molecule has 0 radical (unpaired) electrons. The lowest BCUT2D eigenvalue weighted by molar-refractivity contribution is -0.153. The topological polar surface area (TPSA) is 104 Å². The molecule has 10 heteroatoms. The first kappa shape index (κ1) is 24.7. The molecular weight excluding hydrogens is 472 g/mol. The maximum absolute atomic E-state index is 13.1. The number of phenolic OH excluding ortho intramolecular Hbond substituents is 1. The van der Waals surface area contributed by atoms with Crippen molar-refractivity contribution in [1.29, 1.82) is 0 Å². The summed E-state index contributed by atoms with van der Waals surface area (Å²) < 4.78 is 10.7. The number of rotatable bonds is 6. The van der Waals surface area contributed by atoms with Crippen LogP contribution in [-0.4, -0.2) is 67.2 Å². The van der Waals surface area contributed by atoms with Crippen molar-refractivity contribution in [3.8, 4) is 11.5 Å². The molecule has 186 valence electrons. The third-order valence-corrected chi connectivity index (χ3v) is 6.28. The summed E-state index contributed by atoms with van der Waals surface area (Å²) in [6.07, 6.45) is 0. The van der Waals surface area contributed by atoms with Crippen molar-refractivity contribution in [2.45, 2.75) is 19.9 Å². The lowest BCUT2D eigenvalue weighted by Crippen LogP contribution is -2.57. The van der Waals surface area contributed by atoms with Gasteiger partial charge in [-0.3, -0.25) is 14.9 Å². The van der Waals surface area contributed by atoms with Gasteiger partial charge in [-0.05, 0) is 55.8 Å². The van der Waals surface area contributed by atoms with E-state index in [2.05, 4.69) is 10.2 Å². The van der Waals surface area contributed by atoms with Gasteiger partial charge in [0.1, 0.15) is 6.04 Å². The molecule has 0 aliphatic carbocycles. The summed E-state index contributed by atoms with van der Waals surface area (Å²) in [6, 6.07) is 11.6. The number of hydrogen-bond donors (Lipinski definition) is 2. The third-order valence-electron chi connectivity index (χ3n) is 6.03. The summed E-state index contributed by atoms with van der Waals surface area (Å²) >= 11 is 6.01. The van der Waals surface area contributed by atoms with Gasteiger partial charge in [-0.2, -0.15) is 0 Å². The fourth-order valence-electron chi connectivity index (χ4n) is 4.28. The number of carbonyl (C=O) groups excluding carboxylic acids is 2. The van der Waals surface area contributed by atoms with Crippen molar-refractivity contribution < 1.29 is 24.2 Å². The molecule has 1 amide bonds. The Hall–Kier alpha value is -3.46. The SMILES string of the molecule is CCOC(=O)[C@@H]1C(=O)NC(N2CCN(c3ccc(Cl)cc3)CC2)=N[C@@H]1c1ccc(O)c(OCC)c1. The van der Waals surface area contributed by atoms with Crippen LogP contribution in [0.4, 0.5) is 5.69 Å². The number of aliphatic imine (C=N–C) groups is 1. The number of anilines is 1. The number of nitrogens with one attached hydrogen (secondary N) is 1. The van der Waals surface area contributed by atoms with Gasteiger partial charge in [-0.25, -0.2) is 4.99 Å². The number of guanidine groups is 1. The van der Waals surface area contributed by atoms with Crippen LogP contribution in [0, 0.1) is 5.92 Å². The van der Waals surface area contributed by atoms with Gasteiger partial charge >= 0.3 is 5.97 Å². The number of aromatic hydroxyl groups is 1. The number of esters is 1. The first-order valence-corrected chi connectivity index (χ1v) is 12.1. The standard InChI is InChI=1S/C25H29ClN4O5/c1-3-34-20-15-16(5-10-19(20)31)22-21(24(33)35-4-2)23(32)28-25(27-22)30-13-11-29(12-14-30)18-8-6-17(26)7-9-18/h5-10,15,21-22,31H,3-4,11-14H2,1-2H3,(H,27,28,32)/t21-,22+/m0/s1. The van der Waals surface area contributed by atoms with Crippen molar-refractivity contribution in [2.75, 3.05) is 44.3 Å². The number of carbonyl (C=O) groups is 2. The van der Waals surface area contributed by atoms with Crippen molar-refractivity contribution in [1.82, 2.24) is 10.2 Å². The molecule has 2 heterocycles. The van der Waals surface area contributed by atoms with Crippen molar-refractivity contribution in [3.05, 3.63) is 53.1 Å². The van der Waals surface area contributed by atoms with E-state index in [1.54, 1.807) is 19.1 Å². The van der Waals surface area contributed by atoms with E-state index in [0.717, 1.165) is 18.8 Å². The predicted octanol–water partition coefficient (Wildman–Crippen LogP) is 2.97. The van der Waals surface area contributed by atoms with Crippen LogP contribution < -0.4 is 15.0 Å². The minimum absolute atomic E-state index is 0.0222. The molecule has 2 N–H and O–H groups in total. The number of ether oxygens (including phenoxy) is 2. The van der Waals surface area contributed by atoms with E-state index in [1.807, 2.05) is 36.1 Å². The first-order valence-electron chi connectivity index (χ1n) is 11.7. The molecule has 2 aromatic carbocycles. The van der Waals surface area contributed by atoms with E-state index in [1.165, 1.54) is 6.07 Å². The van der Waals surface area contributed by atoms with Gasteiger partial charge in [0, 0.05) is 36.9 Å². The highest BCUT2D eigenvalue weighted by molar-refractivity contribution is 6.30. The van der Waals surface area contributed by atoms with Gasteiger partial charge in [-0.1, -0.05) is 17.7 Å². The predicted molar refractivity (Wildman–Crippen MR) is 133 cm³/mol. The van der Waals surface area contributed by atoms with Gasteiger partial charge in [0.2, 0.25) is 11.9 Å². The van der Waals surface area contributed by atoms with Crippen LogP contribution in [0.15, 0.2) is 47.5 Å². The van der Waals surface area contributed by atoms with Crippen LogP contribution >= 0.6 is 11.6 Å². The molecule has 1 fully saturated rings. The van der Waals surface area contributed by atoms with Crippen LogP contribution in [-0.2, 0) is 14.3 Å². The minimum atomic E-state index is -1.15. The molecule has 4 rings (SSSR count). The minimum Gasteiger partial charge on any atom is -0.504 e. The van der Waals surface area contributed by atoms with E-state index >= 15 is 0 Å². The molecule has 0 unspecified atom stereocenters. The van der Waals surface area contributed by atoms with Crippen LogP contribution in [0.2, 0.25) is 5.02 Å². The fourth-order valence-corrected chi connectivity index (χ4v) is 4.41. The quantitative estimate of drug-likeness (QED) is 0.464. The van der Waals surface area contributed by atoms with Gasteiger partial charge in [0.25, 0.3) is 0 Å². The zero-order valence-corrected chi connectivity index (χ0v) is 20.5. The van der Waals surface area contributed by atoms with Crippen LogP contribution in [0.3, 0.4) is 0 Å². The Morgan fingerprint density at radius 1 is 1.09 bits per heavy atom. The highest BCUT2D eigenvalue weighted by Gasteiger charge is 2.42. The maximum atomic E-state index is 13.1. The van der Waals surface area contributed by atoms with Crippen LogP contribution in [0.1, 0.15) is 25.5 Å². The van der Waals surface area contributed by atoms with Gasteiger partial charge in [0.15, 0.2) is 17.4 Å². The van der Waals surface area contributed by atoms with Crippen molar-refractivity contribution in [2.24, 2.45) is 10.9 Å². The molecule has 0 bridgehead atoms. The number of hydrogen-bond acceptors (Lipinski definition) is 8. The molecule has 2 atom stereocenters. The normalized spacial score (nSPS) is 20.2. The number of benzene rings is 2. The summed E-state index contributed by atoms with van der Waals surface area (Å²) in [7, 11) is 0. The summed E-state index contributed by atoms with van der Waals surface area (Å²) in [6.45, 7) is 6.75. The van der Waals surface area contributed by atoms with E-state index in [0.29, 0.717) is 36.2 Å². The van der Waals surface area contributed by atoms with Gasteiger partial charge < -0.3 is 24.4 Å². The number of amides is 1. The van der Waals surface area contributed by atoms with Crippen molar-refractivity contribution in [3.63, 3.8) is 0 Å². The van der Waals surface area contributed by atoms with E-state index in [9.17, 15) is 14.7 Å². The average molecular weight is 501 g/mol. The second kappa shape index (κ2) is 10.9. The fraction of sp³-hybridized carbons (Fsp3) is 0.400. The molecular formula is C25H29ClN4O5. The number of piperazine rings is 1. The lowest BCUT2D eigenvalue weighted by Gasteiger charge is -2.39. The number of nitrogens with zero attached hydrogens (tertiary/aromatic N) is 3. The molecule has 0 saturated carbocycles. The van der Waals surface area contributed by atoms with Gasteiger partial charge in [-0.15, -0.1) is 0 Å². The van der Waals surface area contributed by atoms with Crippen LogP contribution in [0.25, 0.3) is 0 Å². The summed E-state index contributed by atoms with van der Waals surface area (Å²) in [5, 5.41) is 13.6. The molecule has 35 heavy (non-hydrogen) atoms. The first-order chi connectivity index (χ1) is 16.9. The molecule has 2 aliphatic heterocycles. The highest BCUT2D eigenvalue weighted by Crippen LogP contribution is 2.36. The Bertz CT molecular complexity index is 1100. The maximum Gasteiger partial charge on any atom is 0.321 e. The Balaban J connectivity index is 1.59. The summed E-state index contributed by atoms with van der Waals surface area (Å²) in [4.78, 5) is 34.9. The molecule has 1 saturated heterocycles. The second-order valence-corrected chi connectivity index (χ2v) is 8.66. The molecule has 2 aliphatic rings. The Kier molecular flexibility index (Phi) is 7.65. The van der Waals surface area contributed by atoms with E-state index < -0.39 is 23.8 Å². The zero-order valence-electron chi connectivity index (χ0n) is 19.7. The van der Waals surface area contributed by atoms with E-state index in [-0.39, 0.29) is 18.1 Å². The number of halogens is 1. The number of phenols is 1. The largest absolute Gasteiger partial charge is 0.504 e. The third kappa shape index (κ3) is 5.45. The van der Waals surface area contributed by atoms with Gasteiger partial charge in [0.05, 0.1) is 13.2 Å². The summed E-state index contributed by atoms with van der Waals surface area (Å²) in [5.41, 5.74) is 1.66. The molecule has 2 aromatic rings. The molecule has 9 nitrogen and oxygen atoms in total. The van der Waals surface area contributed by atoms with Crippen molar-refractivity contribution >= 4 is 35.1 Å². The zero-order chi connectivity index (χ0) is 24.9. The average Bonchev–Trinajstić information content (AvgIpc) is 2.86. The van der Waals surface area contributed by atoms with Crippen LogP contribution in [0.5, 0.6) is 11.5 Å². The smallest absolute Gasteiger partial charge is 0.321 e. The monoisotopic (exact) mass is 500 g/mol. The molecule has 0 spiro atoms. The Labute approximate surface area is 209 Å². The summed E-state index contributed by atoms with van der Waals surface area (Å²) in [5.74, 6) is -1.59. The van der Waals surface area contributed by atoms with E-state index in [4.69, 9.17) is 26.1 Å². The Morgan fingerprint density at radius 2 is 1.77 bits per heavy atom. The lowest BCUT2D eigenvalue weighted by atomic mass is 9.91.